The summed E-state index contributed by atoms with van der Waals surface area (Å²) in [6.45, 7) is 0. The Hall–Kier alpha value is -1.09. The van der Waals surface area contributed by atoms with E-state index in [0.29, 0.717) is 12.0 Å². The van der Waals surface area contributed by atoms with Crippen LogP contribution in [0.2, 0.25) is 0 Å². The lowest BCUT2D eigenvalue weighted by molar-refractivity contribution is 0.368. The van der Waals surface area contributed by atoms with Crippen LogP contribution < -0.4 is 10.6 Å². The van der Waals surface area contributed by atoms with E-state index >= 15 is 0 Å². The molecular weight excluding hydrogens is 203 g/mol. The van der Waals surface area contributed by atoms with Crippen LogP contribution in [0.3, 0.4) is 0 Å². The number of fused-ring (bicyclic) bond motifs is 2. The van der Waals surface area contributed by atoms with Crippen LogP contribution in [-0.4, -0.2) is 13.1 Å². The molecule has 1 aromatic carbocycles. The predicted octanol–water partition coefficient (Wildman–Crippen LogP) is 2.44. The Labute approximate surface area is 95.2 Å². The van der Waals surface area contributed by atoms with Crippen LogP contribution in [-0.2, 0) is 0 Å². The van der Waals surface area contributed by atoms with Crippen LogP contribution in [0.4, 0.5) is 10.1 Å². The minimum absolute atomic E-state index is 0.00870. The van der Waals surface area contributed by atoms with Gasteiger partial charge in [0.2, 0.25) is 0 Å². The fraction of sp³-hybridized carbons (Fsp3) is 0.538. The quantitative estimate of drug-likeness (QED) is 0.727. The molecule has 1 saturated carbocycles. The van der Waals surface area contributed by atoms with Gasteiger partial charge < -0.3 is 10.6 Å². The highest BCUT2D eigenvalue weighted by Gasteiger charge is 2.40. The molecule has 3 rings (SSSR count). The largest absolute Gasteiger partial charge is 0.371 e. The van der Waals surface area contributed by atoms with E-state index < -0.39 is 0 Å². The summed E-state index contributed by atoms with van der Waals surface area (Å²) in [4.78, 5) is 2.29. The number of hydrogen-bond acceptors (Lipinski definition) is 2. The topological polar surface area (TPSA) is 29.3 Å². The van der Waals surface area contributed by atoms with E-state index in [9.17, 15) is 4.39 Å². The SMILES string of the molecule is CN1c2ccc(F)cc2C(N)C2CCCC21. The zero-order valence-electron chi connectivity index (χ0n) is 9.49. The molecule has 2 N–H and O–H groups in total. The van der Waals surface area contributed by atoms with E-state index in [1.807, 2.05) is 6.07 Å². The minimum Gasteiger partial charge on any atom is -0.371 e. The van der Waals surface area contributed by atoms with Crippen molar-refractivity contribution in [2.75, 3.05) is 11.9 Å². The summed E-state index contributed by atoms with van der Waals surface area (Å²) in [5, 5.41) is 0. The van der Waals surface area contributed by atoms with Crippen molar-refractivity contribution in [2.45, 2.75) is 31.3 Å². The van der Waals surface area contributed by atoms with Crippen LogP contribution in [0.1, 0.15) is 30.9 Å². The molecule has 0 aromatic heterocycles. The molecule has 86 valence electrons. The zero-order valence-corrected chi connectivity index (χ0v) is 9.49. The van der Waals surface area contributed by atoms with Crippen LogP contribution in [0.25, 0.3) is 0 Å². The van der Waals surface area contributed by atoms with Crippen molar-refractivity contribution >= 4 is 5.69 Å². The van der Waals surface area contributed by atoms with Crippen molar-refractivity contribution in [1.29, 1.82) is 0 Å². The number of anilines is 1. The van der Waals surface area contributed by atoms with E-state index in [2.05, 4.69) is 11.9 Å². The fourth-order valence-corrected chi connectivity index (χ4v) is 3.39. The first-order chi connectivity index (χ1) is 7.68. The van der Waals surface area contributed by atoms with Crippen molar-refractivity contribution in [3.05, 3.63) is 29.6 Å². The number of rotatable bonds is 0. The molecule has 0 radical (unpaired) electrons. The summed E-state index contributed by atoms with van der Waals surface area (Å²) in [6, 6.07) is 5.55. The van der Waals surface area contributed by atoms with Gasteiger partial charge in [-0.25, -0.2) is 4.39 Å². The Bertz CT molecular complexity index is 418. The first-order valence-corrected chi connectivity index (χ1v) is 5.96. The molecule has 2 aliphatic rings. The zero-order chi connectivity index (χ0) is 11.3. The summed E-state index contributed by atoms with van der Waals surface area (Å²) in [6.07, 6.45) is 3.63. The Morgan fingerprint density at radius 3 is 3.00 bits per heavy atom. The van der Waals surface area contributed by atoms with Crippen LogP contribution in [0.5, 0.6) is 0 Å². The van der Waals surface area contributed by atoms with Gasteiger partial charge in [0.15, 0.2) is 0 Å². The summed E-state index contributed by atoms with van der Waals surface area (Å²) in [5.41, 5.74) is 8.36. The fourth-order valence-electron chi connectivity index (χ4n) is 3.39. The number of hydrogen-bond donors (Lipinski definition) is 1. The van der Waals surface area contributed by atoms with Gasteiger partial charge >= 0.3 is 0 Å². The molecule has 0 saturated heterocycles. The third-order valence-corrected chi connectivity index (χ3v) is 4.22. The molecule has 0 spiro atoms. The molecule has 1 aliphatic heterocycles. The van der Waals surface area contributed by atoms with E-state index in [1.165, 1.54) is 25.3 Å². The van der Waals surface area contributed by atoms with Crippen molar-refractivity contribution < 1.29 is 4.39 Å². The molecule has 3 heteroatoms. The molecular formula is C13H17FN2. The van der Waals surface area contributed by atoms with E-state index in [1.54, 1.807) is 6.07 Å². The number of benzene rings is 1. The first-order valence-electron chi connectivity index (χ1n) is 5.96. The standard InChI is InChI=1S/C13H17FN2/c1-16-11-4-2-3-9(11)13(15)10-7-8(14)5-6-12(10)16/h5-7,9,11,13H,2-4,15H2,1H3. The maximum Gasteiger partial charge on any atom is 0.123 e. The summed E-state index contributed by atoms with van der Waals surface area (Å²) < 4.78 is 13.3. The summed E-state index contributed by atoms with van der Waals surface area (Å²) in [5.74, 6) is 0.318. The molecule has 1 fully saturated rings. The van der Waals surface area contributed by atoms with Crippen molar-refractivity contribution in [2.24, 2.45) is 11.7 Å². The van der Waals surface area contributed by atoms with Gasteiger partial charge in [0.1, 0.15) is 5.82 Å². The van der Waals surface area contributed by atoms with E-state index in [-0.39, 0.29) is 11.9 Å². The van der Waals surface area contributed by atoms with Crippen LogP contribution >= 0.6 is 0 Å². The van der Waals surface area contributed by atoms with Gasteiger partial charge in [0, 0.05) is 24.8 Å². The first kappa shape index (κ1) is 10.1. The molecule has 1 heterocycles. The minimum atomic E-state index is -0.181. The summed E-state index contributed by atoms with van der Waals surface area (Å²) >= 11 is 0. The maximum atomic E-state index is 13.3. The third kappa shape index (κ3) is 1.27. The summed E-state index contributed by atoms with van der Waals surface area (Å²) in [7, 11) is 2.10. The van der Waals surface area contributed by atoms with Gasteiger partial charge in [-0.1, -0.05) is 6.42 Å². The molecule has 1 aromatic rings. The number of halogens is 1. The van der Waals surface area contributed by atoms with Gasteiger partial charge in [-0.2, -0.15) is 0 Å². The normalized spacial score (nSPS) is 32.4. The molecule has 2 nitrogen and oxygen atoms in total. The maximum absolute atomic E-state index is 13.3. The highest BCUT2D eigenvalue weighted by atomic mass is 19.1. The average Bonchev–Trinajstić information content (AvgIpc) is 2.75. The van der Waals surface area contributed by atoms with Crippen molar-refractivity contribution in [3.63, 3.8) is 0 Å². The molecule has 16 heavy (non-hydrogen) atoms. The van der Waals surface area contributed by atoms with Gasteiger partial charge in [0.25, 0.3) is 0 Å². The van der Waals surface area contributed by atoms with Crippen molar-refractivity contribution in [1.82, 2.24) is 0 Å². The number of nitrogens with two attached hydrogens (primary N) is 1. The lowest BCUT2D eigenvalue weighted by Gasteiger charge is -2.41. The molecule has 0 amide bonds. The Morgan fingerprint density at radius 2 is 2.19 bits per heavy atom. The lowest BCUT2D eigenvalue weighted by atomic mass is 9.84. The second kappa shape index (κ2) is 3.45. The lowest BCUT2D eigenvalue weighted by Crippen LogP contribution is -2.44. The molecule has 3 atom stereocenters. The highest BCUT2D eigenvalue weighted by molar-refractivity contribution is 5.58. The Kier molecular flexibility index (Phi) is 2.18. The second-order valence-electron chi connectivity index (χ2n) is 5.00. The highest BCUT2D eigenvalue weighted by Crippen LogP contribution is 2.45. The predicted molar refractivity (Wildman–Crippen MR) is 62.9 cm³/mol. The Balaban J connectivity index is 2.11. The number of nitrogens with zero attached hydrogens (tertiary/aromatic N) is 1. The average molecular weight is 220 g/mol. The van der Waals surface area contributed by atoms with E-state index in [4.69, 9.17) is 5.73 Å². The smallest absolute Gasteiger partial charge is 0.123 e. The molecule has 3 unspecified atom stereocenters. The van der Waals surface area contributed by atoms with Gasteiger partial charge in [-0.15, -0.1) is 0 Å². The van der Waals surface area contributed by atoms with Crippen LogP contribution in [0, 0.1) is 11.7 Å². The van der Waals surface area contributed by atoms with Gasteiger partial charge in [0.05, 0.1) is 0 Å². The molecule has 0 bridgehead atoms. The van der Waals surface area contributed by atoms with Crippen LogP contribution in [0.15, 0.2) is 18.2 Å². The van der Waals surface area contributed by atoms with Gasteiger partial charge in [-0.05, 0) is 42.5 Å². The third-order valence-electron chi connectivity index (χ3n) is 4.22. The Morgan fingerprint density at radius 1 is 1.38 bits per heavy atom. The van der Waals surface area contributed by atoms with E-state index in [0.717, 1.165) is 11.3 Å². The molecule has 1 aliphatic carbocycles. The monoisotopic (exact) mass is 220 g/mol. The van der Waals surface area contributed by atoms with Gasteiger partial charge in [-0.3, -0.25) is 0 Å². The van der Waals surface area contributed by atoms with Crippen molar-refractivity contribution in [3.8, 4) is 0 Å². The second-order valence-corrected chi connectivity index (χ2v) is 5.00.